The highest BCUT2D eigenvalue weighted by atomic mass is 16.5. The first-order valence-corrected chi connectivity index (χ1v) is 11.2. The molecule has 0 bridgehead atoms. The molecule has 1 N–H and O–H groups in total. The van der Waals surface area contributed by atoms with Crippen molar-refractivity contribution >= 4 is 22.8 Å². The van der Waals surface area contributed by atoms with Crippen LogP contribution in [0.3, 0.4) is 0 Å². The predicted molar refractivity (Wildman–Crippen MR) is 123 cm³/mol. The summed E-state index contributed by atoms with van der Waals surface area (Å²) in [6, 6.07) is 9.89. The van der Waals surface area contributed by atoms with Crippen molar-refractivity contribution in [3.05, 3.63) is 64.5 Å². The van der Waals surface area contributed by atoms with Crippen molar-refractivity contribution in [1.29, 1.82) is 0 Å². The molecule has 0 unspecified atom stereocenters. The van der Waals surface area contributed by atoms with Gasteiger partial charge in [-0.05, 0) is 63.6 Å². The van der Waals surface area contributed by atoms with E-state index in [1.807, 2.05) is 25.1 Å². The summed E-state index contributed by atoms with van der Waals surface area (Å²) in [6.07, 6.45) is 7.50. The Kier molecular flexibility index (Phi) is 5.06. The van der Waals surface area contributed by atoms with Crippen LogP contribution in [0.25, 0.3) is 17.0 Å². The maximum absolute atomic E-state index is 13.3. The summed E-state index contributed by atoms with van der Waals surface area (Å²) in [5.74, 6) is 0.945. The van der Waals surface area contributed by atoms with E-state index >= 15 is 0 Å². The lowest BCUT2D eigenvalue weighted by Gasteiger charge is -2.27. The van der Waals surface area contributed by atoms with Crippen molar-refractivity contribution in [3.63, 3.8) is 0 Å². The highest BCUT2D eigenvalue weighted by Gasteiger charge is 2.34. The first-order chi connectivity index (χ1) is 15.1. The van der Waals surface area contributed by atoms with Gasteiger partial charge in [-0.2, -0.15) is 0 Å². The summed E-state index contributed by atoms with van der Waals surface area (Å²) in [5.41, 5.74) is 4.15. The van der Waals surface area contributed by atoms with Gasteiger partial charge in [-0.1, -0.05) is 24.6 Å². The van der Waals surface area contributed by atoms with Gasteiger partial charge < -0.3 is 14.4 Å². The molecule has 5 rings (SSSR count). The summed E-state index contributed by atoms with van der Waals surface area (Å²) in [7, 11) is 0. The molecule has 0 spiro atoms. The SMILES string of the molecule is CCn1cc(/C=C2\Oc3c(CN4CCCCC4)c(O)cc(C)c3C2=O)c2ccccc21. The van der Waals surface area contributed by atoms with Gasteiger partial charge >= 0.3 is 0 Å². The zero-order chi connectivity index (χ0) is 21.5. The van der Waals surface area contributed by atoms with Gasteiger partial charge in [0.25, 0.3) is 0 Å². The summed E-state index contributed by atoms with van der Waals surface area (Å²) >= 11 is 0. The smallest absolute Gasteiger partial charge is 0.232 e. The minimum Gasteiger partial charge on any atom is -0.507 e. The first-order valence-electron chi connectivity index (χ1n) is 11.2. The number of carbonyl (C=O) groups excluding carboxylic acids is 1. The van der Waals surface area contributed by atoms with Gasteiger partial charge in [0.15, 0.2) is 5.76 Å². The predicted octanol–water partition coefficient (Wildman–Crippen LogP) is 5.28. The minimum atomic E-state index is -0.110. The third-order valence-corrected chi connectivity index (χ3v) is 6.50. The molecular weight excluding hydrogens is 388 g/mol. The zero-order valence-corrected chi connectivity index (χ0v) is 18.1. The average molecular weight is 417 g/mol. The van der Waals surface area contributed by atoms with Crippen LogP contribution in [0.5, 0.6) is 11.5 Å². The molecule has 3 heterocycles. The molecule has 160 valence electrons. The highest BCUT2D eigenvalue weighted by molar-refractivity contribution is 6.16. The number of ketones is 1. The Bertz CT molecular complexity index is 1200. The van der Waals surface area contributed by atoms with E-state index < -0.39 is 0 Å². The van der Waals surface area contributed by atoms with Crippen molar-refractivity contribution < 1.29 is 14.6 Å². The molecule has 2 aliphatic heterocycles. The van der Waals surface area contributed by atoms with E-state index in [4.69, 9.17) is 4.74 Å². The number of phenols is 1. The number of nitrogens with zero attached hydrogens (tertiary/aromatic N) is 2. The number of Topliss-reactive ketones (excluding diaryl/α,β-unsaturated/α-hetero) is 1. The molecular formula is C26H28N2O3. The maximum atomic E-state index is 13.3. The molecule has 1 aromatic heterocycles. The van der Waals surface area contributed by atoms with Crippen LogP contribution in [0.2, 0.25) is 0 Å². The number of fused-ring (bicyclic) bond motifs is 2. The summed E-state index contributed by atoms with van der Waals surface area (Å²) in [5, 5.41) is 11.8. The molecule has 0 radical (unpaired) electrons. The lowest BCUT2D eigenvalue weighted by Crippen LogP contribution is -2.29. The summed E-state index contributed by atoms with van der Waals surface area (Å²) < 4.78 is 8.34. The second kappa shape index (κ2) is 7.89. The molecule has 5 heteroatoms. The number of phenolic OH excluding ortho intramolecular Hbond substituents is 1. The van der Waals surface area contributed by atoms with Crippen LogP contribution in [0, 0.1) is 6.92 Å². The van der Waals surface area contributed by atoms with E-state index in [0.717, 1.165) is 47.2 Å². The number of hydrogen-bond acceptors (Lipinski definition) is 4. The van der Waals surface area contributed by atoms with Crippen LogP contribution in [0.4, 0.5) is 0 Å². The third-order valence-electron chi connectivity index (χ3n) is 6.50. The fourth-order valence-corrected chi connectivity index (χ4v) is 4.87. The van der Waals surface area contributed by atoms with Gasteiger partial charge in [-0.15, -0.1) is 0 Å². The molecule has 2 aliphatic rings. The third kappa shape index (κ3) is 3.43. The number of carbonyl (C=O) groups is 1. The fraction of sp³-hybridized carbons (Fsp3) is 0.346. The molecule has 0 amide bonds. The monoisotopic (exact) mass is 416 g/mol. The molecule has 0 aliphatic carbocycles. The number of aromatic nitrogens is 1. The Hall–Kier alpha value is -3.05. The van der Waals surface area contributed by atoms with Crippen molar-refractivity contribution in [3.8, 4) is 11.5 Å². The van der Waals surface area contributed by atoms with Gasteiger partial charge in [-0.25, -0.2) is 0 Å². The van der Waals surface area contributed by atoms with Gasteiger partial charge in [0.05, 0.1) is 11.1 Å². The van der Waals surface area contributed by atoms with E-state index in [0.29, 0.717) is 23.6 Å². The van der Waals surface area contributed by atoms with Crippen LogP contribution < -0.4 is 4.74 Å². The normalized spacial score (nSPS) is 18.0. The minimum absolute atomic E-state index is 0.110. The van der Waals surface area contributed by atoms with Crippen molar-refractivity contribution in [2.24, 2.45) is 0 Å². The first kappa shape index (κ1) is 19.9. The highest BCUT2D eigenvalue weighted by Crippen LogP contribution is 2.42. The van der Waals surface area contributed by atoms with E-state index in [1.54, 1.807) is 6.07 Å². The van der Waals surface area contributed by atoms with Gasteiger partial charge in [0.1, 0.15) is 11.5 Å². The molecule has 0 saturated carbocycles. The van der Waals surface area contributed by atoms with E-state index in [9.17, 15) is 9.90 Å². The second-order valence-electron chi connectivity index (χ2n) is 8.56. The molecule has 1 fully saturated rings. The number of ether oxygens (including phenoxy) is 1. The number of piperidine rings is 1. The van der Waals surface area contributed by atoms with E-state index in [1.165, 1.54) is 19.3 Å². The number of likely N-dealkylation sites (tertiary alicyclic amines) is 1. The average Bonchev–Trinajstić information content (AvgIpc) is 3.30. The lowest BCUT2D eigenvalue weighted by atomic mass is 9.98. The summed E-state index contributed by atoms with van der Waals surface area (Å²) in [6.45, 7) is 7.44. The Morgan fingerprint density at radius 3 is 2.71 bits per heavy atom. The second-order valence-corrected chi connectivity index (χ2v) is 8.56. The number of benzene rings is 2. The standard InChI is InChI=1S/C26H28N2O3/c1-3-28-15-18(19-9-5-6-10-21(19)28)14-23-25(30)24-17(2)13-22(29)20(26(24)31-23)16-27-11-7-4-8-12-27/h5-6,9-10,13-15,29H,3-4,7-8,11-12,16H2,1-2H3/b23-14-. The quantitative estimate of drug-likeness (QED) is 0.588. The number of para-hydroxylation sites is 1. The largest absolute Gasteiger partial charge is 0.507 e. The van der Waals surface area contributed by atoms with Gasteiger partial charge in [0.2, 0.25) is 5.78 Å². The molecule has 1 saturated heterocycles. The van der Waals surface area contributed by atoms with Crippen molar-refractivity contribution in [2.45, 2.75) is 46.2 Å². The maximum Gasteiger partial charge on any atom is 0.232 e. The van der Waals surface area contributed by atoms with E-state index in [-0.39, 0.29) is 11.5 Å². The topological polar surface area (TPSA) is 54.7 Å². The summed E-state index contributed by atoms with van der Waals surface area (Å²) in [4.78, 5) is 15.6. The number of rotatable bonds is 4. The number of hydrogen-bond donors (Lipinski definition) is 1. The van der Waals surface area contributed by atoms with Crippen LogP contribution in [0.15, 0.2) is 42.3 Å². The molecule has 0 atom stereocenters. The fourth-order valence-electron chi connectivity index (χ4n) is 4.87. The molecule has 5 nitrogen and oxygen atoms in total. The Labute approximate surface area is 182 Å². The Morgan fingerprint density at radius 2 is 1.94 bits per heavy atom. The molecule has 31 heavy (non-hydrogen) atoms. The number of aryl methyl sites for hydroxylation is 2. The van der Waals surface area contributed by atoms with Crippen LogP contribution in [-0.4, -0.2) is 33.4 Å². The van der Waals surface area contributed by atoms with Crippen LogP contribution in [0.1, 0.15) is 53.2 Å². The van der Waals surface area contributed by atoms with Crippen LogP contribution >= 0.6 is 0 Å². The van der Waals surface area contributed by atoms with E-state index in [2.05, 4.69) is 34.7 Å². The zero-order valence-electron chi connectivity index (χ0n) is 18.1. The Morgan fingerprint density at radius 1 is 1.16 bits per heavy atom. The molecule has 2 aromatic carbocycles. The molecule has 3 aromatic rings. The lowest BCUT2D eigenvalue weighted by molar-refractivity contribution is 0.101. The Balaban J connectivity index is 1.55. The van der Waals surface area contributed by atoms with Crippen molar-refractivity contribution in [1.82, 2.24) is 9.47 Å². The van der Waals surface area contributed by atoms with Crippen LogP contribution in [-0.2, 0) is 13.1 Å². The van der Waals surface area contributed by atoms with Crippen molar-refractivity contribution in [2.75, 3.05) is 13.1 Å². The van der Waals surface area contributed by atoms with Gasteiger partial charge in [0, 0.05) is 35.8 Å². The number of aromatic hydroxyl groups is 1. The van der Waals surface area contributed by atoms with Gasteiger partial charge in [-0.3, -0.25) is 9.69 Å². The number of allylic oxidation sites excluding steroid dienone is 1.